The molecule has 1 aliphatic rings. The van der Waals surface area contributed by atoms with E-state index < -0.39 is 22.5 Å². The third kappa shape index (κ3) is 3.65. The van der Waals surface area contributed by atoms with Crippen molar-refractivity contribution in [2.45, 2.75) is 18.9 Å². The highest BCUT2D eigenvalue weighted by Gasteiger charge is 2.25. The molecule has 6 nitrogen and oxygen atoms in total. The van der Waals surface area contributed by atoms with E-state index in [-0.39, 0.29) is 23.0 Å². The summed E-state index contributed by atoms with van der Waals surface area (Å²) in [4.78, 5) is 22.8. The van der Waals surface area contributed by atoms with Gasteiger partial charge in [0.05, 0.1) is 4.92 Å². The van der Waals surface area contributed by atoms with Crippen molar-refractivity contribution in [1.29, 1.82) is 0 Å². The second kappa shape index (κ2) is 6.23. The van der Waals surface area contributed by atoms with E-state index >= 15 is 0 Å². The van der Waals surface area contributed by atoms with Gasteiger partial charge in [-0.25, -0.2) is 8.78 Å². The normalized spacial score (nSPS) is 13.4. The monoisotopic (exact) mass is 333 g/mol. The molecule has 0 aliphatic heterocycles. The molecule has 1 amide bonds. The molecule has 0 saturated heterocycles. The van der Waals surface area contributed by atoms with Crippen molar-refractivity contribution in [2.24, 2.45) is 0 Å². The topological polar surface area (TPSA) is 84.3 Å². The van der Waals surface area contributed by atoms with Crippen molar-refractivity contribution in [1.82, 2.24) is 0 Å². The number of carbonyl (C=O) groups is 1. The van der Waals surface area contributed by atoms with Gasteiger partial charge >= 0.3 is 0 Å². The first-order valence-corrected chi connectivity index (χ1v) is 7.25. The zero-order valence-electron chi connectivity index (χ0n) is 12.4. The van der Waals surface area contributed by atoms with E-state index in [1.165, 1.54) is 12.1 Å². The molecule has 0 spiro atoms. The van der Waals surface area contributed by atoms with Crippen LogP contribution in [-0.2, 0) is 0 Å². The van der Waals surface area contributed by atoms with E-state index in [1.807, 2.05) is 0 Å². The minimum absolute atomic E-state index is 0.0210. The Bertz CT molecular complexity index is 802. The summed E-state index contributed by atoms with van der Waals surface area (Å²) >= 11 is 0. The molecule has 1 fully saturated rings. The lowest BCUT2D eigenvalue weighted by Gasteiger charge is -2.09. The molecule has 124 valence electrons. The maximum Gasteiger partial charge on any atom is 0.293 e. The summed E-state index contributed by atoms with van der Waals surface area (Å²) in [5.74, 6) is -2.36. The predicted octanol–water partition coefficient (Wildman–Crippen LogP) is 3.70. The number of amides is 1. The number of halogens is 2. The third-order valence-corrected chi connectivity index (χ3v) is 3.51. The SMILES string of the molecule is O=C(Nc1cc(F)cc(F)c1)c1ccc(NC2CC2)c([N+](=O)[O-])c1. The second-order valence-corrected chi connectivity index (χ2v) is 5.52. The number of nitro groups is 1. The molecule has 0 unspecified atom stereocenters. The molecule has 0 bridgehead atoms. The van der Waals surface area contributed by atoms with Gasteiger partial charge < -0.3 is 10.6 Å². The van der Waals surface area contributed by atoms with Crippen LogP contribution in [0.25, 0.3) is 0 Å². The van der Waals surface area contributed by atoms with E-state index in [4.69, 9.17) is 0 Å². The number of nitrogens with zero attached hydrogens (tertiary/aromatic N) is 1. The minimum atomic E-state index is -0.833. The first kappa shape index (κ1) is 15.9. The van der Waals surface area contributed by atoms with E-state index in [1.54, 1.807) is 0 Å². The van der Waals surface area contributed by atoms with E-state index in [0.717, 1.165) is 31.0 Å². The highest BCUT2D eigenvalue weighted by molar-refractivity contribution is 6.05. The Morgan fingerprint density at radius 1 is 1.12 bits per heavy atom. The second-order valence-electron chi connectivity index (χ2n) is 5.52. The largest absolute Gasteiger partial charge is 0.377 e. The van der Waals surface area contributed by atoms with Gasteiger partial charge in [-0.3, -0.25) is 14.9 Å². The van der Waals surface area contributed by atoms with Crippen molar-refractivity contribution >= 4 is 23.0 Å². The Labute approximate surface area is 135 Å². The molecule has 2 N–H and O–H groups in total. The molecular weight excluding hydrogens is 320 g/mol. The molecule has 0 heterocycles. The van der Waals surface area contributed by atoms with E-state index in [2.05, 4.69) is 10.6 Å². The van der Waals surface area contributed by atoms with Gasteiger partial charge in [0, 0.05) is 29.4 Å². The van der Waals surface area contributed by atoms with Crippen LogP contribution in [0.4, 0.5) is 25.8 Å². The summed E-state index contributed by atoms with van der Waals surface area (Å²) in [7, 11) is 0. The maximum absolute atomic E-state index is 13.1. The molecule has 2 aromatic carbocycles. The summed E-state index contributed by atoms with van der Waals surface area (Å²) in [5.41, 5.74) is 0.0730. The van der Waals surface area contributed by atoms with Gasteiger partial charge in [-0.2, -0.15) is 0 Å². The highest BCUT2D eigenvalue weighted by atomic mass is 19.1. The number of anilines is 2. The van der Waals surface area contributed by atoms with Crippen molar-refractivity contribution in [3.05, 3.63) is 63.7 Å². The fraction of sp³-hybridized carbons (Fsp3) is 0.188. The lowest BCUT2D eigenvalue weighted by Crippen LogP contribution is -2.13. The summed E-state index contributed by atoms with van der Waals surface area (Å²) < 4.78 is 26.3. The standard InChI is InChI=1S/C16H13F2N3O3/c17-10-6-11(18)8-13(7-10)20-16(22)9-1-4-14(19-12-2-3-12)15(5-9)21(23)24/h1,4-8,12,19H,2-3H2,(H,20,22). The van der Waals surface area contributed by atoms with Crippen LogP contribution in [-0.4, -0.2) is 16.9 Å². The highest BCUT2D eigenvalue weighted by Crippen LogP contribution is 2.31. The molecular formula is C16H13F2N3O3. The number of carbonyl (C=O) groups excluding carboxylic acids is 1. The first-order chi connectivity index (χ1) is 11.4. The molecule has 0 atom stereocenters. The zero-order chi connectivity index (χ0) is 17.3. The Kier molecular flexibility index (Phi) is 4.11. The van der Waals surface area contributed by atoms with Crippen molar-refractivity contribution < 1.29 is 18.5 Å². The molecule has 2 aromatic rings. The van der Waals surface area contributed by atoms with E-state index in [9.17, 15) is 23.7 Å². The molecule has 1 aliphatic carbocycles. The van der Waals surface area contributed by atoms with Gasteiger partial charge in [-0.15, -0.1) is 0 Å². The number of benzene rings is 2. The first-order valence-electron chi connectivity index (χ1n) is 7.25. The van der Waals surface area contributed by atoms with Crippen LogP contribution >= 0.6 is 0 Å². The molecule has 0 radical (unpaired) electrons. The Hall–Kier alpha value is -3.03. The van der Waals surface area contributed by atoms with Crippen LogP contribution in [0.2, 0.25) is 0 Å². The molecule has 1 saturated carbocycles. The van der Waals surface area contributed by atoms with Crippen LogP contribution in [0.5, 0.6) is 0 Å². The van der Waals surface area contributed by atoms with Gasteiger partial charge in [0.2, 0.25) is 0 Å². The Balaban J connectivity index is 1.83. The number of hydrogen-bond donors (Lipinski definition) is 2. The molecule has 3 rings (SSSR count). The molecule has 0 aromatic heterocycles. The number of nitro benzene ring substituents is 1. The Morgan fingerprint density at radius 3 is 2.38 bits per heavy atom. The third-order valence-electron chi connectivity index (χ3n) is 3.51. The number of rotatable bonds is 5. The summed E-state index contributed by atoms with van der Waals surface area (Å²) in [6.07, 6.45) is 1.90. The Morgan fingerprint density at radius 2 is 1.79 bits per heavy atom. The van der Waals surface area contributed by atoms with Crippen LogP contribution < -0.4 is 10.6 Å². The summed E-state index contributed by atoms with van der Waals surface area (Å²) in [5, 5.41) is 16.5. The van der Waals surface area contributed by atoms with Gasteiger partial charge in [0.25, 0.3) is 11.6 Å². The fourth-order valence-electron chi connectivity index (χ4n) is 2.22. The predicted molar refractivity (Wildman–Crippen MR) is 84.1 cm³/mol. The quantitative estimate of drug-likeness (QED) is 0.645. The van der Waals surface area contributed by atoms with Gasteiger partial charge in [0.1, 0.15) is 17.3 Å². The van der Waals surface area contributed by atoms with E-state index in [0.29, 0.717) is 11.8 Å². The van der Waals surface area contributed by atoms with Crippen molar-refractivity contribution in [3.8, 4) is 0 Å². The lowest BCUT2D eigenvalue weighted by atomic mass is 10.1. The fourth-order valence-corrected chi connectivity index (χ4v) is 2.22. The summed E-state index contributed by atoms with van der Waals surface area (Å²) in [6.45, 7) is 0. The van der Waals surface area contributed by atoms with Crippen LogP contribution in [0.3, 0.4) is 0 Å². The number of nitrogens with one attached hydrogen (secondary N) is 2. The maximum atomic E-state index is 13.1. The summed E-state index contributed by atoms with van der Waals surface area (Å²) in [6, 6.07) is 6.82. The van der Waals surface area contributed by atoms with Gasteiger partial charge in [-0.1, -0.05) is 0 Å². The van der Waals surface area contributed by atoms with Crippen molar-refractivity contribution in [2.75, 3.05) is 10.6 Å². The van der Waals surface area contributed by atoms with Crippen LogP contribution in [0, 0.1) is 21.7 Å². The number of hydrogen-bond acceptors (Lipinski definition) is 4. The lowest BCUT2D eigenvalue weighted by molar-refractivity contribution is -0.384. The average Bonchev–Trinajstić information content (AvgIpc) is 3.30. The zero-order valence-corrected chi connectivity index (χ0v) is 12.4. The molecule has 8 heteroatoms. The van der Waals surface area contributed by atoms with Crippen LogP contribution in [0.1, 0.15) is 23.2 Å². The van der Waals surface area contributed by atoms with Gasteiger partial charge in [-0.05, 0) is 37.1 Å². The minimum Gasteiger partial charge on any atom is -0.377 e. The average molecular weight is 333 g/mol. The van der Waals surface area contributed by atoms with Gasteiger partial charge in [0.15, 0.2) is 0 Å². The molecule has 24 heavy (non-hydrogen) atoms. The van der Waals surface area contributed by atoms with Crippen LogP contribution in [0.15, 0.2) is 36.4 Å². The van der Waals surface area contributed by atoms with Crippen molar-refractivity contribution in [3.63, 3.8) is 0 Å². The smallest absolute Gasteiger partial charge is 0.293 e.